The summed E-state index contributed by atoms with van der Waals surface area (Å²) >= 11 is 1.66. The molecule has 2 heterocycles. The molecule has 0 aliphatic carbocycles. The van der Waals surface area contributed by atoms with Gasteiger partial charge in [-0.25, -0.2) is 15.0 Å². The SMILES string of the molecule is Cc1ncc(CNc2cc(N)nc(-c3ccccc3)n2)s1. The van der Waals surface area contributed by atoms with E-state index in [0.717, 1.165) is 15.4 Å². The molecule has 5 nitrogen and oxygen atoms in total. The molecule has 3 aromatic rings. The lowest BCUT2D eigenvalue weighted by atomic mass is 10.2. The summed E-state index contributed by atoms with van der Waals surface area (Å²) in [4.78, 5) is 14.2. The van der Waals surface area contributed by atoms with Gasteiger partial charge in [-0.1, -0.05) is 30.3 Å². The van der Waals surface area contributed by atoms with Crippen LogP contribution >= 0.6 is 11.3 Å². The fraction of sp³-hybridized carbons (Fsp3) is 0.133. The fourth-order valence-corrected chi connectivity index (χ4v) is 2.67. The standard InChI is InChI=1S/C15H15N5S/c1-10-17-8-12(21-10)9-18-14-7-13(16)19-15(20-14)11-5-3-2-4-6-11/h2-8H,9H2,1H3,(H3,16,18,19,20). The van der Waals surface area contributed by atoms with E-state index in [-0.39, 0.29) is 0 Å². The third-order valence-electron chi connectivity index (χ3n) is 2.89. The van der Waals surface area contributed by atoms with Crippen molar-refractivity contribution < 1.29 is 0 Å². The number of benzene rings is 1. The van der Waals surface area contributed by atoms with Gasteiger partial charge in [0.2, 0.25) is 0 Å². The highest BCUT2D eigenvalue weighted by Gasteiger charge is 2.05. The van der Waals surface area contributed by atoms with E-state index in [1.165, 1.54) is 0 Å². The van der Waals surface area contributed by atoms with Gasteiger partial charge in [0.25, 0.3) is 0 Å². The summed E-state index contributed by atoms with van der Waals surface area (Å²) in [6, 6.07) is 11.5. The molecule has 0 saturated heterocycles. The summed E-state index contributed by atoms with van der Waals surface area (Å²) in [6.45, 7) is 2.67. The molecule has 0 amide bonds. The highest BCUT2D eigenvalue weighted by atomic mass is 32.1. The molecule has 21 heavy (non-hydrogen) atoms. The molecule has 0 aliphatic rings. The van der Waals surface area contributed by atoms with E-state index in [2.05, 4.69) is 20.3 Å². The van der Waals surface area contributed by atoms with E-state index in [1.54, 1.807) is 17.4 Å². The number of hydrogen-bond acceptors (Lipinski definition) is 6. The lowest BCUT2D eigenvalue weighted by Gasteiger charge is -2.07. The summed E-state index contributed by atoms with van der Waals surface area (Å²) < 4.78 is 0. The molecule has 106 valence electrons. The van der Waals surface area contributed by atoms with Gasteiger partial charge < -0.3 is 11.1 Å². The van der Waals surface area contributed by atoms with Crippen LogP contribution in [0.5, 0.6) is 0 Å². The van der Waals surface area contributed by atoms with Crippen molar-refractivity contribution in [2.75, 3.05) is 11.1 Å². The molecule has 3 rings (SSSR count). The first-order chi connectivity index (χ1) is 10.2. The summed E-state index contributed by atoms with van der Waals surface area (Å²) in [5, 5.41) is 4.32. The van der Waals surface area contributed by atoms with Crippen molar-refractivity contribution in [1.82, 2.24) is 15.0 Å². The first-order valence-electron chi connectivity index (χ1n) is 6.56. The number of anilines is 2. The molecule has 0 atom stereocenters. The number of nitrogens with one attached hydrogen (secondary N) is 1. The van der Waals surface area contributed by atoms with Crippen molar-refractivity contribution in [3.8, 4) is 11.4 Å². The second-order valence-electron chi connectivity index (χ2n) is 4.57. The number of nitrogens with two attached hydrogens (primary N) is 1. The Morgan fingerprint density at radius 2 is 2.00 bits per heavy atom. The second-order valence-corrected chi connectivity index (χ2v) is 5.89. The average molecular weight is 297 g/mol. The van der Waals surface area contributed by atoms with Gasteiger partial charge in [0.05, 0.1) is 11.6 Å². The van der Waals surface area contributed by atoms with Crippen LogP contribution in [0, 0.1) is 6.92 Å². The summed E-state index contributed by atoms with van der Waals surface area (Å²) in [6.07, 6.45) is 1.87. The Labute approximate surface area is 126 Å². The van der Waals surface area contributed by atoms with Crippen molar-refractivity contribution in [2.24, 2.45) is 0 Å². The second kappa shape index (κ2) is 5.88. The smallest absolute Gasteiger partial charge is 0.163 e. The normalized spacial score (nSPS) is 10.5. The van der Waals surface area contributed by atoms with Crippen molar-refractivity contribution in [3.63, 3.8) is 0 Å². The van der Waals surface area contributed by atoms with Crippen LogP contribution in [-0.4, -0.2) is 15.0 Å². The zero-order chi connectivity index (χ0) is 14.7. The number of rotatable bonds is 4. The van der Waals surface area contributed by atoms with Gasteiger partial charge in [0, 0.05) is 22.7 Å². The highest BCUT2D eigenvalue weighted by Crippen LogP contribution is 2.19. The Kier molecular flexibility index (Phi) is 3.79. The number of nitrogens with zero attached hydrogens (tertiary/aromatic N) is 3. The van der Waals surface area contributed by atoms with Crippen LogP contribution in [0.25, 0.3) is 11.4 Å². The number of aromatic nitrogens is 3. The van der Waals surface area contributed by atoms with Gasteiger partial charge in [0.1, 0.15) is 11.6 Å². The quantitative estimate of drug-likeness (QED) is 0.774. The molecule has 0 spiro atoms. The number of nitrogen functional groups attached to an aromatic ring is 1. The van der Waals surface area contributed by atoms with E-state index >= 15 is 0 Å². The van der Waals surface area contributed by atoms with E-state index in [4.69, 9.17) is 5.73 Å². The molecule has 0 radical (unpaired) electrons. The van der Waals surface area contributed by atoms with Crippen LogP contribution in [-0.2, 0) is 6.54 Å². The Balaban J connectivity index is 1.81. The third-order valence-corrected chi connectivity index (χ3v) is 3.80. The maximum absolute atomic E-state index is 5.87. The largest absolute Gasteiger partial charge is 0.384 e. The Morgan fingerprint density at radius 1 is 1.19 bits per heavy atom. The van der Waals surface area contributed by atoms with E-state index in [1.807, 2.05) is 43.5 Å². The van der Waals surface area contributed by atoms with Gasteiger partial charge in [0.15, 0.2) is 5.82 Å². The molecular formula is C15H15N5S. The minimum absolute atomic E-state index is 0.451. The molecular weight excluding hydrogens is 282 g/mol. The molecule has 3 N–H and O–H groups in total. The van der Waals surface area contributed by atoms with Crippen molar-refractivity contribution in [2.45, 2.75) is 13.5 Å². The van der Waals surface area contributed by atoms with Crippen LogP contribution in [0.3, 0.4) is 0 Å². The van der Waals surface area contributed by atoms with Crippen LogP contribution in [0.2, 0.25) is 0 Å². The van der Waals surface area contributed by atoms with Gasteiger partial charge >= 0.3 is 0 Å². The predicted octanol–water partition coefficient (Wildman–Crippen LogP) is 3.10. The first kappa shape index (κ1) is 13.5. The predicted molar refractivity (Wildman–Crippen MR) is 86.1 cm³/mol. The summed E-state index contributed by atoms with van der Waals surface area (Å²) in [7, 11) is 0. The van der Waals surface area contributed by atoms with Gasteiger partial charge in [-0.2, -0.15) is 0 Å². The Bertz CT molecular complexity index is 739. The lowest BCUT2D eigenvalue weighted by Crippen LogP contribution is -2.04. The van der Waals surface area contributed by atoms with Crippen molar-refractivity contribution in [3.05, 3.63) is 52.5 Å². The number of hydrogen-bond donors (Lipinski definition) is 2. The van der Waals surface area contributed by atoms with Crippen molar-refractivity contribution >= 4 is 23.0 Å². The third kappa shape index (κ3) is 3.35. The topological polar surface area (TPSA) is 76.7 Å². The molecule has 1 aromatic carbocycles. The number of aryl methyl sites for hydroxylation is 1. The Hall–Kier alpha value is -2.47. The molecule has 0 unspecified atom stereocenters. The van der Waals surface area contributed by atoms with E-state index in [9.17, 15) is 0 Å². The van der Waals surface area contributed by atoms with Gasteiger partial charge in [-0.3, -0.25) is 0 Å². The monoisotopic (exact) mass is 297 g/mol. The lowest BCUT2D eigenvalue weighted by molar-refractivity contribution is 1.10. The van der Waals surface area contributed by atoms with Crippen molar-refractivity contribution in [1.29, 1.82) is 0 Å². The fourth-order valence-electron chi connectivity index (χ4n) is 1.94. The minimum Gasteiger partial charge on any atom is -0.384 e. The Morgan fingerprint density at radius 3 is 2.71 bits per heavy atom. The minimum atomic E-state index is 0.451. The average Bonchev–Trinajstić information content (AvgIpc) is 2.91. The highest BCUT2D eigenvalue weighted by molar-refractivity contribution is 7.11. The molecule has 0 fully saturated rings. The summed E-state index contributed by atoms with van der Waals surface area (Å²) in [5.41, 5.74) is 6.81. The maximum Gasteiger partial charge on any atom is 0.163 e. The molecule has 6 heteroatoms. The van der Waals surface area contributed by atoms with E-state index in [0.29, 0.717) is 24.0 Å². The van der Waals surface area contributed by atoms with Crippen LogP contribution in [0.15, 0.2) is 42.6 Å². The molecule has 0 aliphatic heterocycles. The molecule has 0 saturated carbocycles. The maximum atomic E-state index is 5.87. The first-order valence-corrected chi connectivity index (χ1v) is 7.37. The zero-order valence-electron chi connectivity index (χ0n) is 11.6. The van der Waals surface area contributed by atoms with Gasteiger partial charge in [-0.05, 0) is 6.92 Å². The van der Waals surface area contributed by atoms with Crippen LogP contribution in [0.1, 0.15) is 9.88 Å². The van der Waals surface area contributed by atoms with Crippen LogP contribution in [0.4, 0.5) is 11.6 Å². The van der Waals surface area contributed by atoms with E-state index < -0.39 is 0 Å². The number of thiazole rings is 1. The zero-order valence-corrected chi connectivity index (χ0v) is 12.4. The summed E-state index contributed by atoms with van der Waals surface area (Å²) in [5.74, 6) is 1.79. The molecule has 2 aromatic heterocycles. The molecule has 0 bridgehead atoms. The van der Waals surface area contributed by atoms with Gasteiger partial charge in [-0.15, -0.1) is 11.3 Å². The van der Waals surface area contributed by atoms with Crippen LogP contribution < -0.4 is 11.1 Å².